The second kappa shape index (κ2) is 15.3. The Bertz CT molecular complexity index is 813. The maximum Gasteiger partial charge on any atom is 0.303 e. The van der Waals surface area contributed by atoms with E-state index in [1.165, 1.54) is 51.4 Å². The Labute approximate surface area is 250 Å². The fourth-order valence-electron chi connectivity index (χ4n) is 10.5. The largest absolute Gasteiger partial charge is 0.481 e. The number of aliphatic hydroxyl groups excluding tert-OH is 1. The summed E-state index contributed by atoms with van der Waals surface area (Å²) >= 11 is 0. The lowest BCUT2D eigenvalue weighted by Crippen LogP contribution is -2.59. The van der Waals surface area contributed by atoms with Gasteiger partial charge in [0, 0.05) is 12.5 Å². The minimum Gasteiger partial charge on any atom is -0.481 e. The van der Waals surface area contributed by atoms with E-state index in [-0.39, 0.29) is 11.5 Å². The fourth-order valence-corrected chi connectivity index (χ4v) is 10.5. The molecule has 0 amide bonds. The van der Waals surface area contributed by atoms with Gasteiger partial charge in [-0.15, -0.1) is 0 Å². The van der Waals surface area contributed by atoms with Gasteiger partial charge < -0.3 is 31.9 Å². The van der Waals surface area contributed by atoms with E-state index in [0.717, 1.165) is 77.3 Å². The van der Waals surface area contributed by atoms with Crippen molar-refractivity contribution in [2.24, 2.45) is 52.1 Å². The monoisotopic (exact) mass is 576 g/mol. The SMILES string of the molecule is CC(CCC(=O)O)C1CCC2C3CC(O)C4CC(NCCCNCCCCNCCCN)CCC4(C)C3CCC12C. The van der Waals surface area contributed by atoms with Gasteiger partial charge in [-0.2, -0.15) is 0 Å². The highest BCUT2D eigenvalue weighted by molar-refractivity contribution is 5.66. The van der Waals surface area contributed by atoms with Crippen LogP contribution in [0.3, 0.4) is 0 Å². The van der Waals surface area contributed by atoms with Crippen LogP contribution in [-0.2, 0) is 4.79 Å². The van der Waals surface area contributed by atoms with Gasteiger partial charge in [0.15, 0.2) is 0 Å². The number of fused-ring (bicyclic) bond motifs is 5. The number of carboxylic acid groups (broad SMARTS) is 1. The highest BCUT2D eigenvalue weighted by Gasteiger charge is 2.62. The average Bonchev–Trinajstić information content (AvgIpc) is 3.30. The van der Waals surface area contributed by atoms with Gasteiger partial charge in [0.25, 0.3) is 0 Å². The Morgan fingerprint density at radius 1 is 0.854 bits per heavy atom. The molecule has 0 aromatic carbocycles. The summed E-state index contributed by atoms with van der Waals surface area (Å²) in [5, 5.41) is 31.8. The maximum atomic E-state index is 11.6. The van der Waals surface area contributed by atoms with Crippen LogP contribution in [0.1, 0.15) is 111 Å². The predicted molar refractivity (Wildman–Crippen MR) is 168 cm³/mol. The molecule has 10 unspecified atom stereocenters. The second-order valence-corrected chi connectivity index (χ2v) is 15.1. The van der Waals surface area contributed by atoms with Crippen LogP contribution in [0.25, 0.3) is 0 Å². The third-order valence-corrected chi connectivity index (χ3v) is 12.7. The Morgan fingerprint density at radius 3 is 2.22 bits per heavy atom. The number of aliphatic hydroxyl groups is 1. The fraction of sp³-hybridized carbons (Fsp3) is 0.971. The minimum atomic E-state index is -0.662. The van der Waals surface area contributed by atoms with Gasteiger partial charge in [0.05, 0.1) is 6.10 Å². The number of aliphatic carboxylic acids is 1. The first kappa shape index (κ1) is 33.2. The number of nitrogens with two attached hydrogens (primary N) is 1. The van der Waals surface area contributed by atoms with Gasteiger partial charge in [0.2, 0.25) is 0 Å². The molecule has 41 heavy (non-hydrogen) atoms. The van der Waals surface area contributed by atoms with Gasteiger partial charge in [-0.1, -0.05) is 20.8 Å². The molecule has 4 rings (SSSR count). The average molecular weight is 577 g/mol. The number of rotatable bonds is 17. The normalized spacial score (nSPS) is 39.1. The van der Waals surface area contributed by atoms with Crippen molar-refractivity contribution in [2.75, 3.05) is 39.3 Å². The van der Waals surface area contributed by atoms with Crippen molar-refractivity contribution >= 4 is 5.97 Å². The van der Waals surface area contributed by atoms with Crippen molar-refractivity contribution in [3.8, 4) is 0 Å². The Kier molecular flexibility index (Phi) is 12.4. The lowest BCUT2D eigenvalue weighted by Gasteiger charge is -2.62. The van der Waals surface area contributed by atoms with Crippen LogP contribution >= 0.6 is 0 Å². The third kappa shape index (κ3) is 7.87. The van der Waals surface area contributed by atoms with Crippen LogP contribution in [0.15, 0.2) is 0 Å². The summed E-state index contributed by atoms with van der Waals surface area (Å²) in [4.78, 5) is 11.2. The van der Waals surface area contributed by atoms with E-state index < -0.39 is 5.97 Å². The molecule has 0 aromatic rings. The van der Waals surface area contributed by atoms with Crippen LogP contribution in [0.4, 0.5) is 0 Å². The zero-order chi connectivity index (χ0) is 29.5. The van der Waals surface area contributed by atoms with E-state index in [4.69, 9.17) is 5.73 Å². The zero-order valence-corrected chi connectivity index (χ0v) is 26.6. The lowest BCUT2D eigenvalue weighted by molar-refractivity contribution is -0.162. The van der Waals surface area contributed by atoms with Crippen molar-refractivity contribution in [3.63, 3.8) is 0 Å². The molecule has 0 aromatic heterocycles. The molecule has 0 spiro atoms. The van der Waals surface area contributed by atoms with Gasteiger partial charge >= 0.3 is 5.97 Å². The van der Waals surface area contributed by atoms with Crippen molar-refractivity contribution in [3.05, 3.63) is 0 Å². The van der Waals surface area contributed by atoms with Gasteiger partial charge in [-0.05, 0) is 169 Å². The molecule has 0 bridgehead atoms. The van der Waals surface area contributed by atoms with E-state index >= 15 is 0 Å². The van der Waals surface area contributed by atoms with E-state index in [1.54, 1.807) is 0 Å². The molecule has 238 valence electrons. The van der Waals surface area contributed by atoms with Crippen molar-refractivity contribution in [2.45, 2.75) is 123 Å². The zero-order valence-electron chi connectivity index (χ0n) is 26.6. The molecular weight excluding hydrogens is 512 g/mol. The summed E-state index contributed by atoms with van der Waals surface area (Å²) in [6, 6.07) is 0.540. The molecule has 0 radical (unpaired) electrons. The van der Waals surface area contributed by atoms with Crippen molar-refractivity contribution < 1.29 is 15.0 Å². The van der Waals surface area contributed by atoms with E-state index in [9.17, 15) is 15.0 Å². The molecular formula is C34H64N4O3. The first-order valence-corrected chi connectivity index (χ1v) is 17.5. The second-order valence-electron chi connectivity index (χ2n) is 15.1. The van der Waals surface area contributed by atoms with E-state index in [0.29, 0.717) is 47.5 Å². The van der Waals surface area contributed by atoms with E-state index in [1.807, 2.05) is 0 Å². The molecule has 0 aliphatic heterocycles. The molecule has 4 saturated carbocycles. The third-order valence-electron chi connectivity index (χ3n) is 12.7. The summed E-state index contributed by atoms with van der Waals surface area (Å²) in [6.45, 7) is 13.5. The van der Waals surface area contributed by atoms with Crippen molar-refractivity contribution in [1.82, 2.24) is 16.0 Å². The van der Waals surface area contributed by atoms with Crippen LogP contribution in [0.2, 0.25) is 0 Å². The topological polar surface area (TPSA) is 120 Å². The quantitative estimate of drug-likeness (QED) is 0.138. The molecule has 0 heterocycles. The first-order valence-electron chi connectivity index (χ1n) is 17.5. The first-order chi connectivity index (χ1) is 19.7. The van der Waals surface area contributed by atoms with Gasteiger partial charge in [-0.25, -0.2) is 0 Å². The highest BCUT2D eigenvalue weighted by Crippen LogP contribution is 2.68. The number of hydrogen-bond acceptors (Lipinski definition) is 6. The standard InChI is InChI=1S/C34H64N4O3/c1-24(8-11-32(40)41)27-9-10-28-26-23-31(39)30-22-25(12-14-34(30,3)29(26)13-15-33(27,28)2)38-21-7-20-37-18-5-4-17-36-19-6-16-35/h24-31,36-39H,4-23,35H2,1-3H3,(H,40,41). The molecule has 7 nitrogen and oxygen atoms in total. The number of carboxylic acids is 1. The molecule has 4 fully saturated rings. The van der Waals surface area contributed by atoms with Gasteiger partial charge in [0.1, 0.15) is 0 Å². The number of carbonyl (C=O) groups is 1. The summed E-state index contributed by atoms with van der Waals surface area (Å²) in [5.74, 6) is 2.94. The molecule has 4 aliphatic carbocycles. The summed E-state index contributed by atoms with van der Waals surface area (Å²) in [7, 11) is 0. The number of unbranched alkanes of at least 4 members (excludes halogenated alkanes) is 1. The Morgan fingerprint density at radius 2 is 1.51 bits per heavy atom. The molecule has 10 atom stereocenters. The minimum absolute atomic E-state index is 0.178. The molecule has 4 aliphatic rings. The van der Waals surface area contributed by atoms with Crippen LogP contribution in [0, 0.1) is 46.3 Å². The van der Waals surface area contributed by atoms with Gasteiger partial charge in [-0.3, -0.25) is 4.79 Å². The Balaban J connectivity index is 1.20. The molecule has 7 N–H and O–H groups in total. The summed E-state index contributed by atoms with van der Waals surface area (Å²) in [6.07, 6.45) is 15.3. The highest BCUT2D eigenvalue weighted by atomic mass is 16.4. The molecule has 7 heteroatoms. The van der Waals surface area contributed by atoms with Crippen molar-refractivity contribution in [1.29, 1.82) is 0 Å². The number of nitrogens with one attached hydrogen (secondary N) is 3. The molecule has 0 saturated heterocycles. The Hall–Kier alpha value is -0.730. The van der Waals surface area contributed by atoms with Crippen LogP contribution < -0.4 is 21.7 Å². The smallest absolute Gasteiger partial charge is 0.303 e. The lowest BCUT2D eigenvalue weighted by atomic mass is 9.43. The number of hydrogen-bond donors (Lipinski definition) is 6. The van der Waals surface area contributed by atoms with Crippen LogP contribution in [-0.4, -0.2) is 67.6 Å². The predicted octanol–water partition coefficient (Wildman–Crippen LogP) is 4.77. The van der Waals surface area contributed by atoms with Crippen LogP contribution in [0.5, 0.6) is 0 Å². The summed E-state index contributed by atoms with van der Waals surface area (Å²) < 4.78 is 0. The summed E-state index contributed by atoms with van der Waals surface area (Å²) in [5.41, 5.74) is 6.10. The van der Waals surface area contributed by atoms with E-state index in [2.05, 4.69) is 36.7 Å². The maximum absolute atomic E-state index is 11.6.